The van der Waals surface area contributed by atoms with Crippen molar-refractivity contribution in [2.24, 2.45) is 0 Å². The number of hydrogen-bond acceptors (Lipinski definition) is 4. The van der Waals surface area contributed by atoms with Gasteiger partial charge < -0.3 is 10.3 Å². The molecule has 0 fully saturated rings. The molecule has 2 N–H and O–H groups in total. The molecule has 2 rings (SSSR count). The standard InChI is InChI=1S/C13H17N3O/c1-3-5-9(2)13-15-12(16-17-13)10-6-4-7-11(14)8-10/h4,6-9H,3,5,14H2,1-2H3. The Kier molecular flexibility index (Phi) is 3.42. The minimum absolute atomic E-state index is 0.308. The number of nitrogens with two attached hydrogens (primary N) is 1. The van der Waals surface area contributed by atoms with Crippen LogP contribution in [0.4, 0.5) is 5.69 Å². The molecule has 4 heteroatoms. The highest BCUT2D eigenvalue weighted by Gasteiger charge is 2.14. The first-order chi connectivity index (χ1) is 8.20. The minimum atomic E-state index is 0.308. The molecule has 1 aromatic heterocycles. The Labute approximate surface area is 101 Å². The molecular formula is C13H17N3O. The van der Waals surface area contributed by atoms with Crippen molar-refractivity contribution < 1.29 is 4.52 Å². The fraction of sp³-hybridized carbons (Fsp3) is 0.385. The normalized spacial score (nSPS) is 12.6. The first-order valence-electron chi connectivity index (χ1n) is 5.90. The van der Waals surface area contributed by atoms with E-state index in [0.29, 0.717) is 23.3 Å². The third kappa shape index (κ3) is 2.64. The van der Waals surface area contributed by atoms with Crippen molar-refractivity contribution in [2.75, 3.05) is 5.73 Å². The zero-order valence-corrected chi connectivity index (χ0v) is 10.2. The highest BCUT2D eigenvalue weighted by molar-refractivity contribution is 5.60. The fourth-order valence-corrected chi connectivity index (χ4v) is 1.79. The number of hydrogen-bond donors (Lipinski definition) is 1. The monoisotopic (exact) mass is 231 g/mol. The van der Waals surface area contributed by atoms with Crippen LogP contribution in [0.1, 0.15) is 38.5 Å². The van der Waals surface area contributed by atoms with Gasteiger partial charge in [0.25, 0.3) is 0 Å². The van der Waals surface area contributed by atoms with E-state index in [1.54, 1.807) is 0 Å². The van der Waals surface area contributed by atoms with Crippen LogP contribution in [0.5, 0.6) is 0 Å². The zero-order valence-electron chi connectivity index (χ0n) is 10.2. The topological polar surface area (TPSA) is 64.9 Å². The highest BCUT2D eigenvalue weighted by Crippen LogP contribution is 2.23. The molecule has 4 nitrogen and oxygen atoms in total. The Balaban J connectivity index is 2.23. The summed E-state index contributed by atoms with van der Waals surface area (Å²) in [6.45, 7) is 4.24. The molecular weight excluding hydrogens is 214 g/mol. The smallest absolute Gasteiger partial charge is 0.229 e. The van der Waals surface area contributed by atoms with Crippen molar-refractivity contribution in [3.8, 4) is 11.4 Å². The third-order valence-electron chi connectivity index (χ3n) is 2.73. The van der Waals surface area contributed by atoms with E-state index in [0.717, 1.165) is 18.4 Å². The van der Waals surface area contributed by atoms with Gasteiger partial charge in [0.1, 0.15) is 0 Å². The first-order valence-corrected chi connectivity index (χ1v) is 5.90. The minimum Gasteiger partial charge on any atom is -0.399 e. The van der Waals surface area contributed by atoms with E-state index in [4.69, 9.17) is 10.3 Å². The molecule has 0 saturated heterocycles. The van der Waals surface area contributed by atoms with Gasteiger partial charge in [0, 0.05) is 17.2 Å². The molecule has 0 aliphatic heterocycles. The average Bonchev–Trinajstić information content (AvgIpc) is 2.78. The van der Waals surface area contributed by atoms with E-state index in [1.807, 2.05) is 24.3 Å². The summed E-state index contributed by atoms with van der Waals surface area (Å²) in [5.74, 6) is 1.61. The average molecular weight is 231 g/mol. The summed E-state index contributed by atoms with van der Waals surface area (Å²) >= 11 is 0. The Morgan fingerprint density at radius 2 is 2.24 bits per heavy atom. The predicted octanol–water partition coefficient (Wildman–Crippen LogP) is 3.22. The molecule has 0 spiro atoms. The van der Waals surface area contributed by atoms with E-state index < -0.39 is 0 Å². The molecule has 0 aliphatic rings. The molecule has 1 unspecified atom stereocenters. The zero-order chi connectivity index (χ0) is 12.3. The lowest BCUT2D eigenvalue weighted by atomic mass is 10.1. The van der Waals surface area contributed by atoms with Gasteiger partial charge in [-0.05, 0) is 18.6 Å². The Morgan fingerprint density at radius 1 is 1.41 bits per heavy atom. The third-order valence-corrected chi connectivity index (χ3v) is 2.73. The van der Waals surface area contributed by atoms with Crippen LogP contribution in [0.2, 0.25) is 0 Å². The van der Waals surface area contributed by atoms with E-state index in [-0.39, 0.29) is 0 Å². The molecule has 0 saturated carbocycles. The Bertz CT molecular complexity index is 493. The molecule has 0 radical (unpaired) electrons. The maximum atomic E-state index is 5.72. The predicted molar refractivity (Wildman–Crippen MR) is 67.5 cm³/mol. The molecule has 1 atom stereocenters. The summed E-state index contributed by atoms with van der Waals surface area (Å²) < 4.78 is 5.27. The maximum Gasteiger partial charge on any atom is 0.229 e. The lowest BCUT2D eigenvalue weighted by Crippen LogP contribution is -1.93. The number of nitrogens with zero attached hydrogens (tertiary/aromatic N) is 2. The van der Waals surface area contributed by atoms with Crippen LogP contribution < -0.4 is 5.73 Å². The summed E-state index contributed by atoms with van der Waals surface area (Å²) in [7, 11) is 0. The van der Waals surface area contributed by atoms with Crippen molar-refractivity contribution in [3.63, 3.8) is 0 Å². The number of rotatable bonds is 4. The number of aromatic nitrogens is 2. The van der Waals surface area contributed by atoms with Crippen LogP contribution in [0.25, 0.3) is 11.4 Å². The molecule has 2 aromatic rings. The van der Waals surface area contributed by atoms with Gasteiger partial charge in [-0.3, -0.25) is 0 Å². The van der Waals surface area contributed by atoms with Crippen molar-refractivity contribution in [1.29, 1.82) is 0 Å². The van der Waals surface area contributed by atoms with Crippen LogP contribution in [0.3, 0.4) is 0 Å². The van der Waals surface area contributed by atoms with Gasteiger partial charge in [0.05, 0.1) is 0 Å². The number of nitrogen functional groups attached to an aromatic ring is 1. The second-order valence-electron chi connectivity index (χ2n) is 4.27. The molecule has 0 amide bonds. The van der Waals surface area contributed by atoms with Gasteiger partial charge >= 0.3 is 0 Å². The van der Waals surface area contributed by atoms with E-state index in [9.17, 15) is 0 Å². The van der Waals surface area contributed by atoms with Crippen LogP contribution >= 0.6 is 0 Å². The quantitative estimate of drug-likeness (QED) is 0.820. The molecule has 0 bridgehead atoms. The molecule has 1 heterocycles. The van der Waals surface area contributed by atoms with Crippen molar-refractivity contribution in [1.82, 2.24) is 10.1 Å². The van der Waals surface area contributed by atoms with Gasteiger partial charge in [0.15, 0.2) is 0 Å². The SMILES string of the molecule is CCCC(C)c1nc(-c2cccc(N)c2)no1. The van der Waals surface area contributed by atoms with Gasteiger partial charge in [-0.25, -0.2) is 0 Å². The summed E-state index contributed by atoms with van der Waals surface area (Å²) in [6.07, 6.45) is 2.16. The van der Waals surface area contributed by atoms with Crippen LogP contribution in [0.15, 0.2) is 28.8 Å². The summed E-state index contributed by atoms with van der Waals surface area (Å²) in [6, 6.07) is 7.50. The van der Waals surface area contributed by atoms with Gasteiger partial charge in [0.2, 0.25) is 11.7 Å². The van der Waals surface area contributed by atoms with E-state index in [1.165, 1.54) is 0 Å². The lowest BCUT2D eigenvalue weighted by molar-refractivity contribution is 0.353. The van der Waals surface area contributed by atoms with Crippen LogP contribution in [-0.2, 0) is 0 Å². The largest absolute Gasteiger partial charge is 0.399 e. The van der Waals surface area contributed by atoms with Crippen molar-refractivity contribution >= 4 is 5.69 Å². The second kappa shape index (κ2) is 4.99. The van der Waals surface area contributed by atoms with Crippen LogP contribution in [0, 0.1) is 0 Å². The Morgan fingerprint density at radius 3 is 2.94 bits per heavy atom. The summed E-state index contributed by atoms with van der Waals surface area (Å²) in [5.41, 5.74) is 7.32. The molecule has 17 heavy (non-hydrogen) atoms. The van der Waals surface area contributed by atoms with E-state index >= 15 is 0 Å². The van der Waals surface area contributed by atoms with E-state index in [2.05, 4.69) is 24.0 Å². The number of benzene rings is 1. The molecule has 1 aromatic carbocycles. The van der Waals surface area contributed by atoms with Crippen molar-refractivity contribution in [3.05, 3.63) is 30.2 Å². The van der Waals surface area contributed by atoms with Gasteiger partial charge in [-0.2, -0.15) is 4.98 Å². The Hall–Kier alpha value is -1.84. The summed E-state index contributed by atoms with van der Waals surface area (Å²) in [4.78, 5) is 4.41. The maximum absolute atomic E-state index is 5.72. The van der Waals surface area contributed by atoms with Crippen LogP contribution in [-0.4, -0.2) is 10.1 Å². The molecule has 0 aliphatic carbocycles. The highest BCUT2D eigenvalue weighted by atomic mass is 16.5. The fourth-order valence-electron chi connectivity index (χ4n) is 1.79. The van der Waals surface area contributed by atoms with Crippen molar-refractivity contribution in [2.45, 2.75) is 32.6 Å². The summed E-state index contributed by atoms with van der Waals surface area (Å²) in [5, 5.41) is 3.99. The number of anilines is 1. The second-order valence-corrected chi connectivity index (χ2v) is 4.27. The van der Waals surface area contributed by atoms with Gasteiger partial charge in [-0.15, -0.1) is 0 Å². The molecule has 90 valence electrons. The van der Waals surface area contributed by atoms with Gasteiger partial charge in [-0.1, -0.05) is 37.6 Å². The first kappa shape index (κ1) is 11.6. The lowest BCUT2D eigenvalue weighted by Gasteiger charge is -2.01.